The summed E-state index contributed by atoms with van der Waals surface area (Å²) in [5, 5.41) is 15.7. The van der Waals surface area contributed by atoms with Crippen molar-refractivity contribution >= 4 is 103 Å². The Morgan fingerprint density at radius 2 is 1.24 bits per heavy atom. The second kappa shape index (κ2) is 10.3. The van der Waals surface area contributed by atoms with Gasteiger partial charge in [-0.2, -0.15) is 0 Å². The van der Waals surface area contributed by atoms with E-state index in [0.29, 0.717) is 11.9 Å². The summed E-state index contributed by atoms with van der Waals surface area (Å²) in [7, 11) is 0. The minimum Gasteiger partial charge on any atom is -0.456 e. The van der Waals surface area contributed by atoms with Gasteiger partial charge in [-0.15, -0.1) is 0 Å². The summed E-state index contributed by atoms with van der Waals surface area (Å²) in [4.78, 5) is 10.8. The number of fused-ring (bicyclic) bond motifs is 12. The molecule has 0 saturated heterocycles. The number of hydrogen-bond donors (Lipinski definition) is 0. The quantitative estimate of drug-likeness (QED) is 0.134. The molecule has 11 aromatic rings. The molecule has 0 bridgehead atoms. The zero-order chi connectivity index (χ0) is 35.1. The average Bonchev–Trinajstić information content (AvgIpc) is 3.78. The van der Waals surface area contributed by atoms with Crippen molar-refractivity contribution in [1.82, 2.24) is 14.5 Å². The molecule has 3 aromatic heterocycles. The van der Waals surface area contributed by atoms with Gasteiger partial charge in [0.15, 0.2) is 0 Å². The zero-order valence-electron chi connectivity index (χ0n) is 29.0. The third-order valence-corrected chi connectivity index (χ3v) is 12.0. The second-order valence-electron chi connectivity index (χ2n) is 14.8. The first-order chi connectivity index (χ1) is 26.8. The molecule has 0 radical (unpaired) electrons. The molecule has 13 rings (SSSR count). The number of furan rings is 1. The number of benzene rings is 8. The Bertz CT molecular complexity index is 3590. The summed E-state index contributed by atoms with van der Waals surface area (Å²) in [6.07, 6.45) is 14.4. The summed E-state index contributed by atoms with van der Waals surface area (Å²) in [6.45, 7) is 0. The van der Waals surface area contributed by atoms with E-state index in [-0.39, 0.29) is 0 Å². The van der Waals surface area contributed by atoms with E-state index in [1.165, 1.54) is 64.8 Å². The van der Waals surface area contributed by atoms with Gasteiger partial charge < -0.3 is 4.42 Å². The number of para-hydroxylation sites is 3. The van der Waals surface area contributed by atoms with Crippen molar-refractivity contribution in [2.45, 2.75) is 6.42 Å². The zero-order valence-corrected chi connectivity index (χ0v) is 29.0. The largest absolute Gasteiger partial charge is 0.456 e. The van der Waals surface area contributed by atoms with Crippen LogP contribution in [-0.2, 0) is 0 Å². The van der Waals surface area contributed by atoms with Crippen LogP contribution in [0.3, 0.4) is 0 Å². The number of hydrogen-bond acceptors (Lipinski definition) is 3. The van der Waals surface area contributed by atoms with E-state index in [2.05, 4.69) is 156 Å². The normalized spacial score (nSPS) is 16.0. The third kappa shape index (κ3) is 3.67. The van der Waals surface area contributed by atoms with Gasteiger partial charge in [-0.3, -0.25) is 4.57 Å². The van der Waals surface area contributed by atoms with Crippen LogP contribution >= 0.6 is 0 Å². The van der Waals surface area contributed by atoms with Crippen LogP contribution < -0.4 is 0 Å². The van der Waals surface area contributed by atoms with E-state index in [1.54, 1.807) is 0 Å². The van der Waals surface area contributed by atoms with E-state index in [0.717, 1.165) is 56.2 Å². The van der Waals surface area contributed by atoms with Crippen molar-refractivity contribution < 1.29 is 4.42 Å². The third-order valence-electron chi connectivity index (χ3n) is 12.0. The van der Waals surface area contributed by atoms with E-state index in [1.807, 2.05) is 6.07 Å². The lowest BCUT2D eigenvalue weighted by atomic mass is 9.84. The molecule has 2 aliphatic rings. The monoisotopic (exact) mass is 687 g/mol. The molecule has 4 heteroatoms. The topological polar surface area (TPSA) is 43.9 Å². The van der Waals surface area contributed by atoms with Gasteiger partial charge in [-0.25, -0.2) is 9.97 Å². The summed E-state index contributed by atoms with van der Waals surface area (Å²) >= 11 is 0. The van der Waals surface area contributed by atoms with Gasteiger partial charge in [0, 0.05) is 32.8 Å². The van der Waals surface area contributed by atoms with Gasteiger partial charge in [0.2, 0.25) is 5.95 Å². The van der Waals surface area contributed by atoms with Crippen molar-refractivity contribution in [3.05, 3.63) is 169 Å². The Labute approximate surface area is 308 Å². The molecular weight excluding hydrogens is 659 g/mol. The minimum absolute atomic E-state index is 0.411. The Morgan fingerprint density at radius 3 is 2.11 bits per heavy atom. The van der Waals surface area contributed by atoms with Crippen LogP contribution in [0.5, 0.6) is 0 Å². The van der Waals surface area contributed by atoms with E-state index < -0.39 is 0 Å². The maximum absolute atomic E-state index is 6.58. The molecule has 1 unspecified atom stereocenters. The van der Waals surface area contributed by atoms with Gasteiger partial charge in [-0.05, 0) is 97.1 Å². The molecule has 250 valence electrons. The van der Waals surface area contributed by atoms with Crippen molar-refractivity contribution in [2.24, 2.45) is 5.92 Å². The summed E-state index contributed by atoms with van der Waals surface area (Å²) < 4.78 is 8.88. The average molecular weight is 688 g/mol. The lowest BCUT2D eigenvalue weighted by molar-refractivity contribution is 0.669. The minimum atomic E-state index is 0.411. The van der Waals surface area contributed by atoms with Crippen molar-refractivity contribution in [3.63, 3.8) is 0 Å². The summed E-state index contributed by atoms with van der Waals surface area (Å²) in [6, 6.07) is 43.8. The molecule has 0 spiro atoms. The predicted octanol–water partition coefficient (Wildman–Crippen LogP) is 13.1. The second-order valence-corrected chi connectivity index (χ2v) is 14.8. The molecule has 2 aliphatic carbocycles. The molecule has 0 aliphatic heterocycles. The Balaban J connectivity index is 1.18. The van der Waals surface area contributed by atoms with Crippen molar-refractivity contribution in [2.75, 3.05) is 0 Å². The maximum atomic E-state index is 6.58. The van der Waals surface area contributed by atoms with Gasteiger partial charge in [0.1, 0.15) is 11.2 Å². The van der Waals surface area contributed by atoms with Gasteiger partial charge >= 0.3 is 0 Å². The van der Waals surface area contributed by atoms with Gasteiger partial charge in [0.25, 0.3) is 0 Å². The highest BCUT2D eigenvalue weighted by Crippen LogP contribution is 2.48. The SMILES string of the molecule is C1=CC2=CC(c3nc(-n4c5ccccc5c5c6cccc7c8cccc9c%10c(cc(c(cc54)c76)c89)oc4ccccc4%10)nc4ccccc34)=CCC2C=C1. The van der Waals surface area contributed by atoms with Crippen LogP contribution in [0.1, 0.15) is 12.1 Å². The van der Waals surface area contributed by atoms with Crippen molar-refractivity contribution in [3.8, 4) is 5.95 Å². The summed E-state index contributed by atoms with van der Waals surface area (Å²) in [5.74, 6) is 1.08. The Kier molecular flexibility index (Phi) is 5.44. The highest BCUT2D eigenvalue weighted by atomic mass is 16.3. The molecule has 3 heterocycles. The van der Waals surface area contributed by atoms with E-state index >= 15 is 0 Å². The van der Waals surface area contributed by atoms with Crippen LogP contribution in [0.4, 0.5) is 0 Å². The number of aromatic nitrogens is 3. The first kappa shape index (κ1) is 28.5. The predicted molar refractivity (Wildman–Crippen MR) is 225 cm³/mol. The van der Waals surface area contributed by atoms with Crippen LogP contribution in [0, 0.1) is 5.92 Å². The molecule has 4 nitrogen and oxygen atoms in total. The van der Waals surface area contributed by atoms with E-state index in [4.69, 9.17) is 14.4 Å². The highest BCUT2D eigenvalue weighted by Gasteiger charge is 2.24. The first-order valence-corrected chi connectivity index (χ1v) is 18.7. The lowest BCUT2D eigenvalue weighted by Crippen LogP contribution is -2.08. The Morgan fingerprint density at radius 1 is 0.537 bits per heavy atom. The molecule has 8 aromatic carbocycles. The Hall–Kier alpha value is -7.04. The maximum Gasteiger partial charge on any atom is 0.235 e. The number of allylic oxidation sites excluding steroid dienone is 8. The van der Waals surface area contributed by atoms with E-state index in [9.17, 15) is 0 Å². The molecule has 54 heavy (non-hydrogen) atoms. The first-order valence-electron chi connectivity index (χ1n) is 18.7. The molecule has 0 N–H and O–H groups in total. The fourth-order valence-electron chi connectivity index (χ4n) is 9.74. The van der Waals surface area contributed by atoms with Gasteiger partial charge in [-0.1, -0.05) is 121 Å². The molecule has 0 saturated carbocycles. The van der Waals surface area contributed by atoms with Crippen LogP contribution in [0.2, 0.25) is 0 Å². The van der Waals surface area contributed by atoms with Gasteiger partial charge in [0.05, 0.1) is 22.2 Å². The molecule has 0 fully saturated rings. The van der Waals surface area contributed by atoms with Crippen LogP contribution in [-0.4, -0.2) is 14.5 Å². The molecule has 1 atom stereocenters. The van der Waals surface area contributed by atoms with Crippen molar-refractivity contribution in [1.29, 1.82) is 0 Å². The fourth-order valence-corrected chi connectivity index (χ4v) is 9.74. The van der Waals surface area contributed by atoms with Crippen LogP contribution in [0.15, 0.2) is 168 Å². The standard InChI is InChI=1S/C50H29N3O/c1-2-12-29-25-30(24-23-28(29)11-1)49-33-13-3-6-20-40(33)51-50(52-49)53-41-21-7-4-14-34(41)47-36-18-9-16-31-32-17-10-19-37-46(32)39(38(45(31)36)26-42(47)53)27-44-48(37)35-15-5-8-22-43(35)54-44/h1-22,24-28H,23H2. The molecule has 0 amide bonds. The van der Waals surface area contributed by atoms with Crippen LogP contribution in [0.25, 0.3) is 109 Å². The molecular formula is C50H29N3O. The number of rotatable bonds is 2. The lowest BCUT2D eigenvalue weighted by Gasteiger charge is -2.21. The number of nitrogens with zero attached hydrogens (tertiary/aromatic N) is 3. The summed E-state index contributed by atoms with van der Waals surface area (Å²) in [5.41, 5.74) is 8.36. The highest BCUT2D eigenvalue weighted by molar-refractivity contribution is 6.41. The fraction of sp³-hybridized carbons (Fsp3) is 0.0400. The smallest absolute Gasteiger partial charge is 0.235 e.